The fourth-order valence-electron chi connectivity index (χ4n) is 2.89. The molecule has 0 bridgehead atoms. The zero-order valence-corrected chi connectivity index (χ0v) is 17.5. The van der Waals surface area contributed by atoms with Gasteiger partial charge in [-0.2, -0.15) is 13.8 Å². The molecule has 0 aliphatic carbocycles. The highest BCUT2D eigenvalue weighted by Crippen LogP contribution is 2.32. The van der Waals surface area contributed by atoms with Crippen molar-refractivity contribution in [3.05, 3.63) is 64.8 Å². The van der Waals surface area contributed by atoms with E-state index in [-0.39, 0.29) is 29.8 Å². The highest BCUT2D eigenvalue weighted by molar-refractivity contribution is 5.78. The van der Waals surface area contributed by atoms with Gasteiger partial charge in [0.2, 0.25) is 5.82 Å². The van der Waals surface area contributed by atoms with Crippen LogP contribution in [0.4, 0.5) is 8.78 Å². The third-order valence-electron chi connectivity index (χ3n) is 4.41. The smallest absolute Gasteiger partial charge is 0.387 e. The van der Waals surface area contributed by atoms with Crippen LogP contribution in [0.3, 0.4) is 0 Å². The number of methoxy groups -OCH3 is 1. The van der Waals surface area contributed by atoms with Crippen LogP contribution in [0, 0.1) is 0 Å². The molecule has 0 saturated heterocycles. The lowest BCUT2D eigenvalue weighted by molar-refractivity contribution is -0.148. The van der Waals surface area contributed by atoms with Crippen molar-refractivity contribution in [2.75, 3.05) is 13.7 Å². The number of benzene rings is 2. The van der Waals surface area contributed by atoms with Crippen LogP contribution in [0.1, 0.15) is 5.89 Å². The van der Waals surface area contributed by atoms with Crippen LogP contribution in [0.15, 0.2) is 62.3 Å². The van der Waals surface area contributed by atoms with E-state index in [9.17, 15) is 18.4 Å². The van der Waals surface area contributed by atoms with Crippen molar-refractivity contribution in [2.45, 2.75) is 13.2 Å². The highest BCUT2D eigenvalue weighted by Gasteiger charge is 2.16. The number of nitrogens with zero attached hydrogens (tertiary/aromatic N) is 2. The predicted octanol–water partition coefficient (Wildman–Crippen LogP) is 3.58. The average molecular weight is 474 g/mol. The number of hydrogen-bond donors (Lipinski definition) is 0. The van der Waals surface area contributed by atoms with E-state index in [0.29, 0.717) is 22.3 Å². The summed E-state index contributed by atoms with van der Waals surface area (Å²) >= 11 is 0. The second-order valence-corrected chi connectivity index (χ2v) is 6.66. The van der Waals surface area contributed by atoms with Gasteiger partial charge in [-0.15, -0.1) is 0 Å². The lowest BCUT2D eigenvalue weighted by atomic mass is 10.2. The first-order valence-corrected chi connectivity index (χ1v) is 9.69. The molecule has 0 fully saturated rings. The van der Waals surface area contributed by atoms with Crippen molar-refractivity contribution in [3.8, 4) is 28.6 Å². The Morgan fingerprint density at radius 3 is 2.71 bits per heavy atom. The standard InChI is InChI=1S/C22H16F2N2O8/c1-29-17-8-13(3-6-15(17)33-22(23)24)21-25-18(34-26-21)10-31-20(28)11-30-14-5-2-12-4-7-19(27)32-16(12)9-14/h2-9,22H,10-11H2,1H3. The first-order chi connectivity index (χ1) is 16.4. The van der Waals surface area contributed by atoms with Gasteiger partial charge in [0, 0.05) is 23.1 Å². The number of rotatable bonds is 9. The lowest BCUT2D eigenvalue weighted by Gasteiger charge is -2.10. The summed E-state index contributed by atoms with van der Waals surface area (Å²) in [5.74, 6) is -0.352. The summed E-state index contributed by atoms with van der Waals surface area (Å²) in [5, 5.41) is 4.48. The molecule has 0 spiro atoms. The Hall–Kier alpha value is -4.48. The van der Waals surface area contributed by atoms with Crippen molar-refractivity contribution in [3.63, 3.8) is 0 Å². The number of hydrogen-bond acceptors (Lipinski definition) is 10. The SMILES string of the molecule is COc1cc(-c2noc(COC(=O)COc3ccc4ccc(=O)oc4c3)n2)ccc1OC(F)F. The normalized spacial score (nSPS) is 10.9. The molecule has 0 aliphatic rings. The van der Waals surface area contributed by atoms with Crippen LogP contribution in [0.25, 0.3) is 22.4 Å². The predicted molar refractivity (Wildman–Crippen MR) is 111 cm³/mol. The molecule has 2 heterocycles. The van der Waals surface area contributed by atoms with Gasteiger partial charge in [-0.1, -0.05) is 5.16 Å². The summed E-state index contributed by atoms with van der Waals surface area (Å²) < 4.78 is 54.8. The largest absolute Gasteiger partial charge is 0.493 e. The van der Waals surface area contributed by atoms with E-state index in [1.165, 1.54) is 37.4 Å². The molecule has 0 radical (unpaired) electrons. The average Bonchev–Trinajstić information content (AvgIpc) is 3.30. The molecule has 12 heteroatoms. The topological polar surface area (TPSA) is 123 Å². The van der Waals surface area contributed by atoms with Crippen LogP contribution >= 0.6 is 0 Å². The van der Waals surface area contributed by atoms with Crippen molar-refractivity contribution in [1.82, 2.24) is 10.1 Å². The summed E-state index contributed by atoms with van der Waals surface area (Å²) in [7, 11) is 1.30. The Balaban J connectivity index is 1.33. The lowest BCUT2D eigenvalue weighted by Crippen LogP contribution is -2.14. The Morgan fingerprint density at radius 1 is 1.09 bits per heavy atom. The molecule has 0 amide bonds. The number of esters is 1. The van der Waals surface area contributed by atoms with Crippen LogP contribution in [0.2, 0.25) is 0 Å². The molecule has 2 aromatic heterocycles. The Morgan fingerprint density at radius 2 is 1.91 bits per heavy atom. The summed E-state index contributed by atoms with van der Waals surface area (Å²) in [6.45, 7) is -3.73. The van der Waals surface area contributed by atoms with Gasteiger partial charge in [-0.3, -0.25) is 0 Å². The Bertz CT molecular complexity index is 1370. The maximum atomic E-state index is 12.5. The van der Waals surface area contributed by atoms with Gasteiger partial charge in [0.05, 0.1) is 7.11 Å². The third-order valence-corrected chi connectivity index (χ3v) is 4.41. The molecular formula is C22H16F2N2O8. The molecule has 4 rings (SSSR count). The summed E-state index contributed by atoms with van der Waals surface area (Å²) in [6, 6.07) is 11.8. The van der Waals surface area contributed by atoms with Gasteiger partial charge < -0.3 is 27.9 Å². The summed E-state index contributed by atoms with van der Waals surface area (Å²) in [4.78, 5) is 27.4. The van der Waals surface area contributed by atoms with E-state index in [0.717, 1.165) is 0 Å². The van der Waals surface area contributed by atoms with Crippen LogP contribution in [-0.4, -0.2) is 36.4 Å². The number of ether oxygens (including phenoxy) is 4. The Kier molecular flexibility index (Phi) is 6.67. The number of fused-ring (bicyclic) bond motifs is 1. The van der Waals surface area contributed by atoms with Gasteiger partial charge in [0.25, 0.3) is 5.89 Å². The second-order valence-electron chi connectivity index (χ2n) is 6.66. The maximum Gasteiger partial charge on any atom is 0.387 e. The van der Waals surface area contributed by atoms with Gasteiger partial charge in [0.1, 0.15) is 11.3 Å². The molecule has 34 heavy (non-hydrogen) atoms. The van der Waals surface area contributed by atoms with E-state index < -0.39 is 24.8 Å². The van der Waals surface area contributed by atoms with Crippen molar-refractivity contribution in [2.24, 2.45) is 0 Å². The highest BCUT2D eigenvalue weighted by atomic mass is 19.3. The molecule has 10 nitrogen and oxygen atoms in total. The zero-order chi connectivity index (χ0) is 24.1. The number of alkyl halides is 2. The minimum Gasteiger partial charge on any atom is -0.493 e. The van der Waals surface area contributed by atoms with E-state index >= 15 is 0 Å². The summed E-state index contributed by atoms with van der Waals surface area (Å²) in [6.07, 6.45) is 0. The van der Waals surface area contributed by atoms with Gasteiger partial charge in [-0.25, -0.2) is 9.59 Å². The molecular weight excluding hydrogens is 458 g/mol. The molecule has 0 N–H and O–H groups in total. The number of halogens is 2. The third kappa shape index (κ3) is 5.46. The molecule has 0 aliphatic heterocycles. The van der Waals surface area contributed by atoms with Crippen molar-refractivity contribution in [1.29, 1.82) is 0 Å². The van der Waals surface area contributed by atoms with Crippen LogP contribution in [-0.2, 0) is 16.1 Å². The van der Waals surface area contributed by atoms with E-state index in [4.69, 9.17) is 23.2 Å². The van der Waals surface area contributed by atoms with Gasteiger partial charge in [0.15, 0.2) is 24.7 Å². The Labute approximate surface area is 189 Å². The van der Waals surface area contributed by atoms with E-state index in [1.807, 2.05) is 0 Å². The van der Waals surface area contributed by atoms with Gasteiger partial charge in [-0.05, 0) is 36.4 Å². The minimum atomic E-state index is -3.00. The molecule has 4 aromatic rings. The molecule has 0 unspecified atom stereocenters. The van der Waals surface area contributed by atoms with Crippen LogP contribution < -0.4 is 19.8 Å². The van der Waals surface area contributed by atoms with Gasteiger partial charge >= 0.3 is 18.2 Å². The van der Waals surface area contributed by atoms with Crippen molar-refractivity contribution >= 4 is 16.9 Å². The minimum absolute atomic E-state index is 0.00250. The van der Waals surface area contributed by atoms with E-state index in [2.05, 4.69) is 14.9 Å². The first kappa shape index (κ1) is 22.7. The zero-order valence-electron chi connectivity index (χ0n) is 17.5. The van der Waals surface area contributed by atoms with Crippen LogP contribution in [0.5, 0.6) is 17.2 Å². The quantitative estimate of drug-likeness (QED) is 0.263. The molecule has 0 atom stereocenters. The van der Waals surface area contributed by atoms with E-state index in [1.54, 1.807) is 18.2 Å². The fourth-order valence-corrected chi connectivity index (χ4v) is 2.89. The number of aromatic nitrogens is 2. The number of carbonyl (C=O) groups excluding carboxylic acids is 1. The van der Waals surface area contributed by atoms with Crippen molar-refractivity contribution < 1.29 is 41.5 Å². The number of carbonyl (C=O) groups is 1. The molecule has 176 valence electrons. The maximum absolute atomic E-state index is 12.5. The molecule has 2 aromatic carbocycles. The summed E-state index contributed by atoms with van der Waals surface area (Å²) in [5.41, 5.74) is 0.229. The second kappa shape index (κ2) is 9.98. The first-order valence-electron chi connectivity index (χ1n) is 9.69. The molecule has 0 saturated carbocycles. The fraction of sp³-hybridized carbons (Fsp3) is 0.182. The monoisotopic (exact) mass is 474 g/mol.